The zero-order valence-electron chi connectivity index (χ0n) is 14.5. The van der Waals surface area contributed by atoms with Crippen molar-refractivity contribution in [2.24, 2.45) is 11.8 Å². The highest BCUT2D eigenvalue weighted by Gasteiger charge is 2.19. The van der Waals surface area contributed by atoms with Gasteiger partial charge in [0.1, 0.15) is 0 Å². The van der Waals surface area contributed by atoms with Crippen molar-refractivity contribution in [3.8, 4) is 0 Å². The summed E-state index contributed by atoms with van der Waals surface area (Å²) in [5, 5.41) is 35.3. The molecule has 0 spiro atoms. The SMILES string of the molecule is O=C(O)CC[C@H](CCCSSCCC[C@@H](CCC(=O)O)C(=O)O)C(=O)O. The molecule has 0 rings (SSSR count). The number of rotatable bonds is 17. The van der Waals surface area contributed by atoms with E-state index >= 15 is 0 Å². The third-order valence-electron chi connectivity index (χ3n) is 3.76. The Kier molecular flexibility index (Phi) is 13.9. The number of carboxylic acid groups (broad SMARTS) is 4. The molecule has 0 aliphatic carbocycles. The van der Waals surface area contributed by atoms with Gasteiger partial charge in [0.05, 0.1) is 11.8 Å². The summed E-state index contributed by atoms with van der Waals surface area (Å²) in [7, 11) is 3.15. The molecule has 0 fully saturated rings. The van der Waals surface area contributed by atoms with E-state index in [0.717, 1.165) is 11.5 Å². The summed E-state index contributed by atoms with van der Waals surface area (Å²) in [5.41, 5.74) is 0. The molecule has 0 bridgehead atoms. The van der Waals surface area contributed by atoms with E-state index < -0.39 is 35.7 Å². The lowest BCUT2D eigenvalue weighted by atomic mass is 9.98. The number of hydrogen-bond acceptors (Lipinski definition) is 6. The van der Waals surface area contributed by atoms with E-state index in [4.69, 9.17) is 20.4 Å². The van der Waals surface area contributed by atoms with Crippen molar-refractivity contribution < 1.29 is 39.6 Å². The molecule has 0 radical (unpaired) electrons. The Bertz CT molecular complexity index is 427. The van der Waals surface area contributed by atoms with Crippen LogP contribution in [0.4, 0.5) is 0 Å². The van der Waals surface area contributed by atoms with Gasteiger partial charge in [0.25, 0.3) is 0 Å². The molecule has 0 aromatic heterocycles. The second kappa shape index (κ2) is 14.7. The first kappa shape index (κ1) is 24.6. The molecular formula is C16H26O8S2. The van der Waals surface area contributed by atoms with Crippen LogP contribution in [0.25, 0.3) is 0 Å². The minimum Gasteiger partial charge on any atom is -0.481 e. The first-order valence-corrected chi connectivity index (χ1v) is 10.9. The van der Waals surface area contributed by atoms with Crippen LogP contribution in [-0.2, 0) is 19.2 Å². The van der Waals surface area contributed by atoms with Gasteiger partial charge in [0.2, 0.25) is 0 Å². The fourth-order valence-corrected chi connectivity index (χ4v) is 4.49. The lowest BCUT2D eigenvalue weighted by Crippen LogP contribution is -2.15. The van der Waals surface area contributed by atoms with Gasteiger partial charge in [-0.1, -0.05) is 21.6 Å². The van der Waals surface area contributed by atoms with E-state index in [2.05, 4.69) is 0 Å². The second-order valence-corrected chi connectivity index (χ2v) is 8.57. The van der Waals surface area contributed by atoms with Gasteiger partial charge in [-0.15, -0.1) is 0 Å². The molecule has 0 saturated carbocycles. The average Bonchev–Trinajstić information content (AvgIpc) is 2.54. The van der Waals surface area contributed by atoms with Crippen molar-refractivity contribution in [3.05, 3.63) is 0 Å². The Hall–Kier alpha value is -1.42. The molecule has 0 aromatic rings. The quantitative estimate of drug-likeness (QED) is 0.208. The first-order chi connectivity index (χ1) is 12.2. The number of aliphatic carboxylic acids is 4. The zero-order chi connectivity index (χ0) is 19.9. The van der Waals surface area contributed by atoms with Gasteiger partial charge in [0, 0.05) is 24.3 Å². The normalized spacial score (nSPS) is 13.1. The van der Waals surface area contributed by atoms with Gasteiger partial charge in [0.15, 0.2) is 0 Å². The Morgan fingerprint density at radius 2 is 0.962 bits per heavy atom. The lowest BCUT2D eigenvalue weighted by molar-refractivity contribution is -0.144. The van der Waals surface area contributed by atoms with E-state index in [-0.39, 0.29) is 25.7 Å². The molecule has 4 N–H and O–H groups in total. The molecule has 0 saturated heterocycles. The van der Waals surface area contributed by atoms with Gasteiger partial charge in [-0.25, -0.2) is 0 Å². The van der Waals surface area contributed by atoms with Crippen molar-refractivity contribution in [2.45, 2.75) is 51.4 Å². The third kappa shape index (κ3) is 13.8. The van der Waals surface area contributed by atoms with Crippen LogP contribution in [-0.4, -0.2) is 55.8 Å². The molecule has 0 aliphatic rings. The maximum absolute atomic E-state index is 11.0. The summed E-state index contributed by atoms with van der Waals surface area (Å²) >= 11 is 0. The summed E-state index contributed by atoms with van der Waals surface area (Å²) in [6.07, 6.45) is 2.19. The zero-order valence-corrected chi connectivity index (χ0v) is 16.1. The number of carbonyl (C=O) groups is 4. The summed E-state index contributed by atoms with van der Waals surface area (Å²) in [6.45, 7) is 0. The molecule has 10 heteroatoms. The maximum atomic E-state index is 11.0. The molecular weight excluding hydrogens is 384 g/mol. The third-order valence-corrected chi connectivity index (χ3v) is 6.33. The molecule has 0 aromatic carbocycles. The average molecular weight is 411 g/mol. The summed E-state index contributed by atoms with van der Waals surface area (Å²) < 4.78 is 0. The van der Waals surface area contributed by atoms with E-state index in [1.807, 2.05) is 0 Å². The van der Waals surface area contributed by atoms with Crippen molar-refractivity contribution in [1.29, 1.82) is 0 Å². The standard InChI is InChI=1S/C16H26O8S2/c17-13(18)7-5-11(15(21)22)3-1-9-25-26-10-2-4-12(16(23)24)6-8-14(19)20/h11-12H,1-10H2,(H,17,18)(H,19,20)(H,21,22)(H,23,24)/t11-,12-/m0/s1. The van der Waals surface area contributed by atoms with Gasteiger partial charge >= 0.3 is 23.9 Å². The largest absolute Gasteiger partial charge is 0.481 e. The molecule has 0 aliphatic heterocycles. The van der Waals surface area contributed by atoms with E-state index in [1.54, 1.807) is 21.6 Å². The summed E-state index contributed by atoms with van der Waals surface area (Å²) in [4.78, 5) is 43.1. The van der Waals surface area contributed by atoms with Crippen LogP contribution in [0.3, 0.4) is 0 Å². The van der Waals surface area contributed by atoms with Crippen LogP contribution in [0, 0.1) is 11.8 Å². The highest BCUT2D eigenvalue weighted by molar-refractivity contribution is 8.76. The molecule has 0 unspecified atom stereocenters. The predicted octanol–water partition coefficient (Wildman–Crippen LogP) is 3.06. The number of carboxylic acids is 4. The minimum atomic E-state index is -0.996. The van der Waals surface area contributed by atoms with Crippen molar-refractivity contribution in [2.75, 3.05) is 11.5 Å². The Morgan fingerprint density at radius 1 is 0.615 bits per heavy atom. The van der Waals surface area contributed by atoms with E-state index in [1.165, 1.54) is 0 Å². The fraction of sp³-hybridized carbons (Fsp3) is 0.750. The van der Waals surface area contributed by atoms with Crippen LogP contribution >= 0.6 is 21.6 Å². The van der Waals surface area contributed by atoms with Crippen LogP contribution in [0.5, 0.6) is 0 Å². The highest BCUT2D eigenvalue weighted by atomic mass is 33.1. The topological polar surface area (TPSA) is 149 Å². The highest BCUT2D eigenvalue weighted by Crippen LogP contribution is 2.26. The van der Waals surface area contributed by atoms with E-state index in [9.17, 15) is 19.2 Å². The molecule has 8 nitrogen and oxygen atoms in total. The van der Waals surface area contributed by atoms with Crippen LogP contribution in [0.2, 0.25) is 0 Å². The van der Waals surface area contributed by atoms with Crippen LogP contribution in [0.15, 0.2) is 0 Å². The Labute approximate surface area is 160 Å². The second-order valence-electron chi connectivity index (χ2n) is 5.86. The Morgan fingerprint density at radius 3 is 1.23 bits per heavy atom. The van der Waals surface area contributed by atoms with Crippen molar-refractivity contribution in [3.63, 3.8) is 0 Å². The van der Waals surface area contributed by atoms with Crippen LogP contribution in [0.1, 0.15) is 51.4 Å². The Balaban J connectivity index is 3.78. The van der Waals surface area contributed by atoms with Crippen LogP contribution < -0.4 is 0 Å². The van der Waals surface area contributed by atoms with Gasteiger partial charge < -0.3 is 20.4 Å². The van der Waals surface area contributed by atoms with Crippen molar-refractivity contribution in [1.82, 2.24) is 0 Å². The fourth-order valence-electron chi connectivity index (χ4n) is 2.27. The van der Waals surface area contributed by atoms with Gasteiger partial charge in [-0.05, 0) is 38.5 Å². The monoisotopic (exact) mass is 410 g/mol. The molecule has 2 atom stereocenters. The maximum Gasteiger partial charge on any atom is 0.306 e. The molecule has 26 heavy (non-hydrogen) atoms. The van der Waals surface area contributed by atoms with Gasteiger partial charge in [-0.2, -0.15) is 0 Å². The minimum absolute atomic E-state index is 0.134. The first-order valence-electron chi connectivity index (χ1n) is 8.37. The smallest absolute Gasteiger partial charge is 0.306 e. The summed E-state index contributed by atoms with van der Waals surface area (Å²) in [6, 6.07) is 0. The number of hydrogen-bond donors (Lipinski definition) is 4. The van der Waals surface area contributed by atoms with Gasteiger partial charge in [-0.3, -0.25) is 19.2 Å². The van der Waals surface area contributed by atoms with E-state index in [0.29, 0.717) is 25.7 Å². The lowest BCUT2D eigenvalue weighted by Gasteiger charge is -2.11. The molecule has 0 heterocycles. The summed E-state index contributed by atoms with van der Waals surface area (Å²) in [5.74, 6) is -3.72. The predicted molar refractivity (Wildman–Crippen MR) is 99.4 cm³/mol. The van der Waals surface area contributed by atoms with Crippen molar-refractivity contribution >= 4 is 45.5 Å². The molecule has 150 valence electrons. The molecule has 0 amide bonds.